The number of carbonyl (C=O) groups excluding carboxylic acids is 2. The van der Waals surface area contributed by atoms with Gasteiger partial charge in [-0.25, -0.2) is 0 Å². The fourth-order valence-corrected chi connectivity index (χ4v) is 2.61. The zero-order chi connectivity index (χ0) is 15.6. The van der Waals surface area contributed by atoms with Gasteiger partial charge in [-0.05, 0) is 43.9 Å². The first-order chi connectivity index (χ1) is 9.93. The van der Waals surface area contributed by atoms with Gasteiger partial charge in [-0.3, -0.25) is 14.4 Å². The number of amides is 1. The fraction of sp³-hybridized carbons (Fsp3) is 0.438. The lowest BCUT2D eigenvalue weighted by Gasteiger charge is -2.19. The number of carboxylic acid groups (broad SMARTS) is 1. The summed E-state index contributed by atoms with van der Waals surface area (Å²) in [6.45, 7) is 4.33. The molecule has 1 aliphatic rings. The van der Waals surface area contributed by atoms with Crippen LogP contribution in [0.25, 0.3) is 0 Å². The molecule has 0 atom stereocenters. The minimum absolute atomic E-state index is 0.140. The van der Waals surface area contributed by atoms with Gasteiger partial charge in [-0.15, -0.1) is 0 Å². The van der Waals surface area contributed by atoms with Crippen LogP contribution in [0.3, 0.4) is 0 Å². The summed E-state index contributed by atoms with van der Waals surface area (Å²) in [6, 6.07) is 3.57. The molecule has 0 bridgehead atoms. The minimum Gasteiger partial charge on any atom is -0.481 e. The molecule has 1 aliphatic heterocycles. The van der Waals surface area contributed by atoms with E-state index >= 15 is 0 Å². The standard InChI is InChI=1S/C16H19NO4/c1-10-7-8-12-14(11(10)2)17(16(21)15(12)20)9-5-3-4-6-13(18)19/h7-8H,3-6,9H2,1-2H3,(H,18,19). The number of unbranched alkanes of at least 4 members (excludes halogenated alkanes) is 2. The molecule has 0 aliphatic carbocycles. The molecule has 1 heterocycles. The Balaban J connectivity index is 2.08. The molecule has 0 aromatic heterocycles. The molecule has 112 valence electrons. The SMILES string of the molecule is Cc1ccc2c(c1C)N(CCCCCC(=O)O)C(=O)C2=O. The number of aliphatic carboxylic acids is 1. The van der Waals surface area contributed by atoms with Crippen molar-refractivity contribution in [2.75, 3.05) is 11.4 Å². The summed E-state index contributed by atoms with van der Waals surface area (Å²) >= 11 is 0. The first-order valence-corrected chi connectivity index (χ1v) is 7.11. The van der Waals surface area contributed by atoms with Crippen molar-refractivity contribution in [2.24, 2.45) is 0 Å². The number of nitrogens with zero attached hydrogens (tertiary/aromatic N) is 1. The van der Waals surface area contributed by atoms with Crippen molar-refractivity contribution >= 4 is 23.3 Å². The number of carbonyl (C=O) groups is 3. The number of fused-ring (bicyclic) bond motifs is 1. The van der Waals surface area contributed by atoms with Crippen molar-refractivity contribution in [3.8, 4) is 0 Å². The van der Waals surface area contributed by atoms with Crippen LogP contribution in [0, 0.1) is 13.8 Å². The summed E-state index contributed by atoms with van der Waals surface area (Å²) in [4.78, 5) is 36.1. The first kappa shape index (κ1) is 15.2. The van der Waals surface area contributed by atoms with E-state index in [1.807, 2.05) is 19.9 Å². The van der Waals surface area contributed by atoms with Crippen molar-refractivity contribution in [1.82, 2.24) is 0 Å². The molecule has 0 saturated heterocycles. The number of carboxylic acids is 1. The third-order valence-corrected chi connectivity index (χ3v) is 3.93. The fourth-order valence-electron chi connectivity index (χ4n) is 2.61. The van der Waals surface area contributed by atoms with Crippen LogP contribution in [0.4, 0.5) is 5.69 Å². The van der Waals surface area contributed by atoms with Crippen LogP contribution in [0.15, 0.2) is 12.1 Å². The molecule has 1 aromatic carbocycles. The lowest BCUT2D eigenvalue weighted by atomic mass is 10.0. The van der Waals surface area contributed by atoms with Crippen LogP contribution < -0.4 is 4.90 Å². The van der Waals surface area contributed by atoms with Gasteiger partial charge in [-0.1, -0.05) is 12.5 Å². The summed E-state index contributed by atoms with van der Waals surface area (Å²) in [5, 5.41) is 8.59. The van der Waals surface area contributed by atoms with Crippen LogP contribution in [0.5, 0.6) is 0 Å². The van der Waals surface area contributed by atoms with Crippen molar-refractivity contribution in [3.63, 3.8) is 0 Å². The van der Waals surface area contributed by atoms with Crippen molar-refractivity contribution in [3.05, 3.63) is 28.8 Å². The number of hydrogen-bond acceptors (Lipinski definition) is 3. The second-order valence-electron chi connectivity index (χ2n) is 5.39. The lowest BCUT2D eigenvalue weighted by Crippen LogP contribution is -2.31. The highest BCUT2D eigenvalue weighted by molar-refractivity contribution is 6.52. The predicted octanol–water partition coefficient (Wildman–Crippen LogP) is 2.48. The topological polar surface area (TPSA) is 74.7 Å². The summed E-state index contributed by atoms with van der Waals surface area (Å²) in [5.41, 5.74) is 3.21. The molecule has 1 N–H and O–H groups in total. The summed E-state index contributed by atoms with van der Waals surface area (Å²) in [6.07, 6.45) is 2.15. The zero-order valence-corrected chi connectivity index (χ0v) is 12.3. The molecule has 1 amide bonds. The number of hydrogen-bond donors (Lipinski definition) is 1. The van der Waals surface area contributed by atoms with Gasteiger partial charge >= 0.3 is 5.97 Å². The van der Waals surface area contributed by atoms with Crippen molar-refractivity contribution in [1.29, 1.82) is 0 Å². The Bertz CT molecular complexity index is 607. The van der Waals surface area contributed by atoms with E-state index in [-0.39, 0.29) is 6.42 Å². The van der Waals surface area contributed by atoms with Crippen molar-refractivity contribution < 1.29 is 19.5 Å². The summed E-state index contributed by atoms with van der Waals surface area (Å²) < 4.78 is 0. The third kappa shape index (κ3) is 2.96. The number of Topliss-reactive ketones (excluding diaryl/α,β-unsaturated/α-hetero) is 1. The second kappa shape index (κ2) is 6.08. The van der Waals surface area contributed by atoms with Gasteiger partial charge in [0.15, 0.2) is 0 Å². The normalized spacial score (nSPS) is 13.7. The van der Waals surface area contributed by atoms with Gasteiger partial charge < -0.3 is 10.0 Å². The monoisotopic (exact) mass is 289 g/mol. The van der Waals surface area contributed by atoms with E-state index < -0.39 is 17.7 Å². The average molecular weight is 289 g/mol. The molecular weight excluding hydrogens is 270 g/mol. The van der Waals surface area contributed by atoms with Crippen molar-refractivity contribution in [2.45, 2.75) is 39.5 Å². The number of anilines is 1. The maximum absolute atomic E-state index is 12.1. The maximum Gasteiger partial charge on any atom is 0.303 e. The lowest BCUT2D eigenvalue weighted by molar-refractivity contribution is -0.137. The van der Waals surface area contributed by atoms with E-state index in [1.165, 1.54) is 0 Å². The van der Waals surface area contributed by atoms with E-state index in [2.05, 4.69) is 0 Å². The van der Waals surface area contributed by atoms with Crippen LogP contribution in [0.1, 0.15) is 47.2 Å². The van der Waals surface area contributed by atoms with Gasteiger partial charge in [0.2, 0.25) is 0 Å². The molecule has 2 rings (SSSR count). The molecule has 0 radical (unpaired) electrons. The third-order valence-electron chi connectivity index (χ3n) is 3.93. The molecule has 5 heteroatoms. The summed E-state index contributed by atoms with van der Waals surface area (Å²) in [5.74, 6) is -1.73. The molecule has 0 unspecified atom stereocenters. The van der Waals surface area contributed by atoms with E-state index in [9.17, 15) is 14.4 Å². The van der Waals surface area contributed by atoms with Crippen LogP contribution in [-0.2, 0) is 9.59 Å². The molecule has 0 saturated carbocycles. The number of benzene rings is 1. The maximum atomic E-state index is 12.1. The molecule has 0 fully saturated rings. The van der Waals surface area contributed by atoms with Gasteiger partial charge in [0, 0.05) is 13.0 Å². The second-order valence-corrected chi connectivity index (χ2v) is 5.39. The Hall–Kier alpha value is -2.17. The first-order valence-electron chi connectivity index (χ1n) is 7.11. The predicted molar refractivity (Wildman–Crippen MR) is 78.7 cm³/mol. The van der Waals surface area contributed by atoms with Gasteiger partial charge in [0.1, 0.15) is 0 Å². The number of ketones is 1. The van der Waals surface area contributed by atoms with Crippen LogP contribution in [0.2, 0.25) is 0 Å². The van der Waals surface area contributed by atoms with E-state index in [0.29, 0.717) is 24.9 Å². The van der Waals surface area contributed by atoms with Gasteiger partial charge in [-0.2, -0.15) is 0 Å². The largest absolute Gasteiger partial charge is 0.481 e. The van der Waals surface area contributed by atoms with E-state index in [4.69, 9.17) is 5.11 Å². The van der Waals surface area contributed by atoms with E-state index in [1.54, 1.807) is 11.0 Å². The van der Waals surface area contributed by atoms with E-state index in [0.717, 1.165) is 23.2 Å². The van der Waals surface area contributed by atoms with Gasteiger partial charge in [0.05, 0.1) is 11.3 Å². The van der Waals surface area contributed by atoms with Gasteiger partial charge in [0.25, 0.3) is 11.7 Å². The Morgan fingerprint density at radius 1 is 1.14 bits per heavy atom. The Morgan fingerprint density at radius 3 is 2.52 bits per heavy atom. The molecule has 5 nitrogen and oxygen atoms in total. The van der Waals surface area contributed by atoms with Crippen LogP contribution in [-0.4, -0.2) is 29.3 Å². The van der Waals surface area contributed by atoms with Crippen LogP contribution >= 0.6 is 0 Å². The number of aryl methyl sites for hydroxylation is 1. The molecular formula is C16H19NO4. The molecule has 0 spiro atoms. The molecule has 1 aromatic rings. The highest BCUT2D eigenvalue weighted by atomic mass is 16.4. The highest BCUT2D eigenvalue weighted by Gasteiger charge is 2.36. The highest BCUT2D eigenvalue weighted by Crippen LogP contribution is 2.34. The Labute approximate surface area is 123 Å². The number of rotatable bonds is 6. The molecule has 21 heavy (non-hydrogen) atoms. The Kier molecular flexibility index (Phi) is 4.40. The minimum atomic E-state index is -0.806. The summed E-state index contributed by atoms with van der Waals surface area (Å²) in [7, 11) is 0. The average Bonchev–Trinajstić information content (AvgIpc) is 2.67. The zero-order valence-electron chi connectivity index (χ0n) is 12.3. The Morgan fingerprint density at radius 2 is 1.86 bits per heavy atom. The quantitative estimate of drug-likeness (QED) is 0.645. The smallest absolute Gasteiger partial charge is 0.303 e.